The van der Waals surface area contributed by atoms with Crippen molar-refractivity contribution >= 4 is 28.4 Å². The van der Waals surface area contributed by atoms with Crippen molar-refractivity contribution in [3.05, 3.63) is 76.8 Å². The maximum absolute atomic E-state index is 12.9. The van der Waals surface area contributed by atoms with Crippen molar-refractivity contribution in [2.45, 2.75) is 20.8 Å². The topological polar surface area (TPSA) is 63.6 Å². The second kappa shape index (κ2) is 6.88. The lowest BCUT2D eigenvalue weighted by Crippen LogP contribution is -2.36. The van der Waals surface area contributed by atoms with Crippen LogP contribution in [0.2, 0.25) is 0 Å². The lowest BCUT2D eigenvalue weighted by Gasteiger charge is -2.31. The number of hydrogen-bond donors (Lipinski definition) is 1. The Bertz CT molecular complexity index is 1030. The second-order valence-corrected chi connectivity index (χ2v) is 7.10. The van der Waals surface area contributed by atoms with Crippen LogP contribution in [0.5, 0.6) is 0 Å². The highest BCUT2D eigenvalue weighted by Crippen LogP contribution is 2.40. The molecular weight excluding hydrogens is 340 g/mol. The number of allylic oxidation sites excluding steroid dienone is 4. The van der Waals surface area contributed by atoms with Crippen molar-refractivity contribution in [3.63, 3.8) is 0 Å². The van der Waals surface area contributed by atoms with Gasteiger partial charge in [0.05, 0.1) is 12.5 Å². The van der Waals surface area contributed by atoms with Gasteiger partial charge in [-0.3, -0.25) is 9.59 Å². The van der Waals surface area contributed by atoms with E-state index in [0.29, 0.717) is 11.3 Å². The molecule has 0 atom stereocenters. The lowest BCUT2D eigenvalue weighted by atomic mass is 9.74. The first-order valence-corrected chi connectivity index (χ1v) is 8.73. The summed E-state index contributed by atoms with van der Waals surface area (Å²) in [5.74, 6) is -0.911. The number of ether oxygens (including phenoxy) is 1. The number of rotatable bonds is 4. The molecule has 0 heterocycles. The average Bonchev–Trinajstić information content (AvgIpc) is 2.65. The van der Waals surface area contributed by atoms with Crippen LogP contribution in [0.4, 0.5) is 0 Å². The van der Waals surface area contributed by atoms with Crippen molar-refractivity contribution in [2.75, 3.05) is 7.11 Å². The van der Waals surface area contributed by atoms with Crippen LogP contribution in [-0.4, -0.2) is 23.8 Å². The van der Waals surface area contributed by atoms with Crippen LogP contribution >= 0.6 is 0 Å². The van der Waals surface area contributed by atoms with Crippen molar-refractivity contribution in [3.8, 4) is 0 Å². The summed E-state index contributed by atoms with van der Waals surface area (Å²) in [7, 11) is 1.45. The standard InChI is InChI=1S/C23H22O4/c1-14-20(25)19(21(26)23(2,3)22(14)27-4)18(24)13-12-16-10-7-9-15-8-5-6-11-17(15)16/h5-13,25H,1-4H3/b13-12+. The zero-order valence-electron chi connectivity index (χ0n) is 15.9. The van der Waals surface area contributed by atoms with E-state index in [9.17, 15) is 14.7 Å². The fraction of sp³-hybridized carbons (Fsp3) is 0.217. The van der Waals surface area contributed by atoms with E-state index in [1.807, 2.05) is 42.5 Å². The summed E-state index contributed by atoms with van der Waals surface area (Å²) >= 11 is 0. The minimum Gasteiger partial charge on any atom is -0.507 e. The van der Waals surface area contributed by atoms with E-state index in [-0.39, 0.29) is 11.3 Å². The van der Waals surface area contributed by atoms with Crippen molar-refractivity contribution in [2.24, 2.45) is 5.41 Å². The Balaban J connectivity index is 2.03. The molecule has 0 unspecified atom stereocenters. The van der Waals surface area contributed by atoms with Crippen molar-refractivity contribution < 1.29 is 19.4 Å². The highest BCUT2D eigenvalue weighted by Gasteiger charge is 2.44. The Hall–Kier alpha value is -3.14. The Labute approximate surface area is 158 Å². The summed E-state index contributed by atoms with van der Waals surface area (Å²) in [6.45, 7) is 5.02. The Kier molecular flexibility index (Phi) is 4.75. The van der Waals surface area contributed by atoms with Crippen LogP contribution in [0.15, 0.2) is 71.2 Å². The molecule has 0 amide bonds. The van der Waals surface area contributed by atoms with Gasteiger partial charge in [-0.1, -0.05) is 48.5 Å². The Morgan fingerprint density at radius 2 is 1.78 bits per heavy atom. The monoisotopic (exact) mass is 362 g/mol. The summed E-state index contributed by atoms with van der Waals surface area (Å²) in [4.78, 5) is 25.6. The lowest BCUT2D eigenvalue weighted by molar-refractivity contribution is -0.126. The number of ketones is 2. The number of fused-ring (bicyclic) bond motifs is 1. The minimum atomic E-state index is -1.01. The largest absolute Gasteiger partial charge is 0.507 e. The van der Waals surface area contributed by atoms with Crippen LogP contribution in [0.3, 0.4) is 0 Å². The van der Waals surface area contributed by atoms with E-state index in [2.05, 4.69) is 0 Å². The first-order valence-electron chi connectivity index (χ1n) is 8.73. The van der Waals surface area contributed by atoms with E-state index in [0.717, 1.165) is 16.3 Å². The van der Waals surface area contributed by atoms with Crippen LogP contribution in [0.1, 0.15) is 26.3 Å². The van der Waals surface area contributed by atoms with Gasteiger partial charge in [-0.05, 0) is 43.2 Å². The third-order valence-electron chi connectivity index (χ3n) is 4.98. The van der Waals surface area contributed by atoms with Gasteiger partial charge in [0.15, 0.2) is 11.6 Å². The number of aliphatic hydroxyl groups excluding tert-OH is 1. The van der Waals surface area contributed by atoms with E-state index in [1.165, 1.54) is 13.2 Å². The fourth-order valence-electron chi connectivity index (χ4n) is 3.57. The van der Waals surface area contributed by atoms with Gasteiger partial charge in [-0.15, -0.1) is 0 Å². The van der Waals surface area contributed by atoms with Gasteiger partial charge < -0.3 is 9.84 Å². The van der Waals surface area contributed by atoms with Crippen LogP contribution in [-0.2, 0) is 14.3 Å². The molecule has 3 rings (SSSR count). The number of hydrogen-bond acceptors (Lipinski definition) is 4. The molecule has 4 nitrogen and oxygen atoms in total. The van der Waals surface area contributed by atoms with Crippen LogP contribution in [0, 0.1) is 5.41 Å². The highest BCUT2D eigenvalue weighted by atomic mass is 16.5. The SMILES string of the molecule is COC1=C(C)C(O)=C(C(=O)/C=C/c2cccc3ccccc23)C(=O)C1(C)C. The first-order chi connectivity index (χ1) is 12.8. The van der Waals surface area contributed by atoms with Crippen molar-refractivity contribution in [1.29, 1.82) is 0 Å². The zero-order chi connectivity index (χ0) is 19.8. The summed E-state index contributed by atoms with van der Waals surface area (Å²) in [6.07, 6.45) is 3.02. The van der Waals surface area contributed by atoms with Gasteiger partial charge in [0.2, 0.25) is 0 Å². The number of Topliss-reactive ketones (excluding diaryl/α,β-unsaturated/α-hetero) is 1. The quantitative estimate of drug-likeness (QED) is 0.629. The smallest absolute Gasteiger partial charge is 0.193 e. The third kappa shape index (κ3) is 3.08. The van der Waals surface area contributed by atoms with Gasteiger partial charge in [-0.2, -0.15) is 0 Å². The van der Waals surface area contributed by atoms with Gasteiger partial charge in [-0.25, -0.2) is 0 Å². The van der Waals surface area contributed by atoms with E-state index in [4.69, 9.17) is 4.74 Å². The predicted octanol–water partition coefficient (Wildman–Crippen LogP) is 4.76. The zero-order valence-corrected chi connectivity index (χ0v) is 15.9. The van der Waals surface area contributed by atoms with Gasteiger partial charge in [0, 0.05) is 5.57 Å². The minimum absolute atomic E-state index is 0.199. The Morgan fingerprint density at radius 3 is 2.48 bits per heavy atom. The molecule has 1 N–H and O–H groups in total. The molecule has 1 aliphatic rings. The van der Waals surface area contributed by atoms with Gasteiger partial charge in [0.1, 0.15) is 17.1 Å². The number of carbonyl (C=O) groups excluding carboxylic acids is 2. The van der Waals surface area contributed by atoms with Crippen LogP contribution in [0.25, 0.3) is 16.8 Å². The predicted molar refractivity (Wildman–Crippen MR) is 106 cm³/mol. The molecule has 1 aliphatic carbocycles. The summed E-state index contributed by atoms with van der Waals surface area (Å²) in [5, 5.41) is 12.5. The molecule has 0 saturated carbocycles. The average molecular weight is 362 g/mol. The molecule has 138 valence electrons. The van der Waals surface area contributed by atoms with Gasteiger partial charge >= 0.3 is 0 Å². The van der Waals surface area contributed by atoms with Gasteiger partial charge in [0.25, 0.3) is 0 Å². The third-order valence-corrected chi connectivity index (χ3v) is 4.98. The summed E-state index contributed by atoms with van der Waals surface area (Å²) in [6, 6.07) is 13.7. The number of carbonyl (C=O) groups is 2. The first kappa shape index (κ1) is 18.6. The highest BCUT2D eigenvalue weighted by molar-refractivity contribution is 6.28. The molecule has 0 aliphatic heterocycles. The molecule has 2 aromatic rings. The van der Waals surface area contributed by atoms with Crippen LogP contribution < -0.4 is 0 Å². The molecule has 0 spiro atoms. The molecule has 27 heavy (non-hydrogen) atoms. The molecule has 0 saturated heterocycles. The summed E-state index contributed by atoms with van der Waals surface area (Å²) in [5.41, 5.74) is 0.0660. The maximum atomic E-state index is 12.9. The van der Waals surface area contributed by atoms with E-state index >= 15 is 0 Å². The molecule has 2 aromatic carbocycles. The molecule has 0 bridgehead atoms. The fourth-order valence-corrected chi connectivity index (χ4v) is 3.57. The normalized spacial score (nSPS) is 17.1. The number of aliphatic hydroxyl groups is 1. The number of benzene rings is 2. The Morgan fingerprint density at radius 1 is 1.11 bits per heavy atom. The molecule has 0 radical (unpaired) electrons. The summed E-state index contributed by atoms with van der Waals surface area (Å²) < 4.78 is 5.30. The molecule has 4 heteroatoms. The molecule has 0 fully saturated rings. The van der Waals surface area contributed by atoms with Crippen molar-refractivity contribution in [1.82, 2.24) is 0 Å². The number of methoxy groups -OCH3 is 1. The van der Waals surface area contributed by atoms with E-state index in [1.54, 1.807) is 26.8 Å². The van der Waals surface area contributed by atoms with E-state index < -0.39 is 17.0 Å². The molecule has 0 aromatic heterocycles. The molecular formula is C23H22O4. The second-order valence-electron chi connectivity index (χ2n) is 7.10. The maximum Gasteiger partial charge on any atom is 0.193 e.